The number of hydrogen-bond donors (Lipinski definition) is 2. The maximum absolute atomic E-state index is 11.6. The van der Waals surface area contributed by atoms with Crippen molar-refractivity contribution >= 4 is 23.3 Å². The Bertz CT molecular complexity index is 636. The van der Waals surface area contributed by atoms with Gasteiger partial charge in [0.15, 0.2) is 5.96 Å². The number of nitrogens with one attached hydrogen (secondary N) is 2. The van der Waals surface area contributed by atoms with E-state index in [9.17, 15) is 4.79 Å². The van der Waals surface area contributed by atoms with Crippen LogP contribution in [0, 0.1) is 0 Å². The second kappa shape index (κ2) is 8.95. The average Bonchev–Trinajstić information content (AvgIpc) is 3.09. The van der Waals surface area contributed by atoms with Gasteiger partial charge in [-0.05, 0) is 36.1 Å². The zero-order valence-electron chi connectivity index (χ0n) is 13.3. The Morgan fingerprint density at radius 3 is 2.52 bits per heavy atom. The minimum atomic E-state index is -0.291. The predicted molar refractivity (Wildman–Crippen MR) is 93.8 cm³/mol. The number of nitrogens with zero attached hydrogens (tertiary/aromatic N) is 1. The average molecular weight is 331 g/mol. The van der Waals surface area contributed by atoms with Gasteiger partial charge in [-0.25, -0.2) is 4.79 Å². The molecule has 1 aromatic heterocycles. The van der Waals surface area contributed by atoms with Gasteiger partial charge >= 0.3 is 5.97 Å². The van der Waals surface area contributed by atoms with E-state index in [0.29, 0.717) is 18.7 Å². The molecule has 0 atom stereocenters. The van der Waals surface area contributed by atoms with E-state index in [2.05, 4.69) is 27.1 Å². The molecule has 0 bridgehead atoms. The van der Waals surface area contributed by atoms with E-state index in [-0.39, 0.29) is 5.97 Å². The summed E-state index contributed by atoms with van der Waals surface area (Å²) in [5, 5.41) is 8.57. The van der Waals surface area contributed by atoms with Crippen molar-refractivity contribution in [3.8, 4) is 0 Å². The first-order chi connectivity index (χ1) is 11.2. The van der Waals surface area contributed by atoms with Gasteiger partial charge in [-0.1, -0.05) is 18.2 Å². The van der Waals surface area contributed by atoms with Crippen LogP contribution in [0.1, 0.15) is 27.7 Å². The van der Waals surface area contributed by atoms with E-state index in [1.807, 2.05) is 18.2 Å². The molecular weight excluding hydrogens is 310 g/mol. The summed E-state index contributed by atoms with van der Waals surface area (Å²) in [5.41, 5.74) is 1.63. The van der Waals surface area contributed by atoms with E-state index in [4.69, 9.17) is 4.74 Å². The Balaban J connectivity index is 1.82. The number of rotatable bonds is 6. The number of hydrogen-bond acceptors (Lipinski definition) is 4. The molecule has 0 fully saturated rings. The number of aliphatic imine (C=N–C) groups is 1. The normalized spacial score (nSPS) is 11.1. The molecule has 0 saturated heterocycles. The van der Waals surface area contributed by atoms with Crippen LogP contribution in [0.3, 0.4) is 0 Å². The van der Waals surface area contributed by atoms with Crippen molar-refractivity contribution in [2.75, 3.05) is 13.7 Å². The van der Waals surface area contributed by atoms with Crippen LogP contribution in [0.4, 0.5) is 0 Å². The first-order valence-corrected chi connectivity index (χ1v) is 8.34. The molecule has 5 nitrogen and oxygen atoms in total. The molecule has 2 rings (SSSR count). The van der Waals surface area contributed by atoms with Crippen molar-refractivity contribution in [2.45, 2.75) is 20.0 Å². The molecule has 0 spiro atoms. The lowest BCUT2D eigenvalue weighted by Gasteiger charge is -2.11. The van der Waals surface area contributed by atoms with E-state index in [1.54, 1.807) is 37.4 Å². The maximum atomic E-state index is 11.6. The van der Waals surface area contributed by atoms with Gasteiger partial charge in [-0.3, -0.25) is 4.99 Å². The van der Waals surface area contributed by atoms with Crippen LogP contribution in [0.5, 0.6) is 0 Å². The Morgan fingerprint density at radius 2 is 1.91 bits per heavy atom. The van der Waals surface area contributed by atoms with Crippen LogP contribution < -0.4 is 10.6 Å². The lowest BCUT2D eigenvalue weighted by Crippen LogP contribution is -2.36. The highest BCUT2D eigenvalue weighted by Crippen LogP contribution is 2.08. The van der Waals surface area contributed by atoms with Crippen LogP contribution in [0.2, 0.25) is 0 Å². The molecule has 6 heteroatoms. The Morgan fingerprint density at radius 1 is 1.17 bits per heavy atom. The van der Waals surface area contributed by atoms with Crippen molar-refractivity contribution in [3.05, 3.63) is 57.8 Å². The quantitative estimate of drug-likeness (QED) is 0.485. The summed E-state index contributed by atoms with van der Waals surface area (Å²) < 4.78 is 4.97. The molecule has 0 aliphatic heterocycles. The molecule has 0 amide bonds. The summed E-state index contributed by atoms with van der Waals surface area (Å²) in [6, 6.07) is 11.5. The van der Waals surface area contributed by atoms with Crippen molar-refractivity contribution in [1.29, 1.82) is 0 Å². The van der Waals surface area contributed by atoms with Gasteiger partial charge in [0.1, 0.15) is 0 Å². The predicted octanol–water partition coefficient (Wildman–Crippen LogP) is 2.79. The molecular formula is C17H21N3O2S. The number of carbonyl (C=O) groups excluding carboxylic acids is 1. The van der Waals surface area contributed by atoms with Gasteiger partial charge in [-0.15, -0.1) is 11.3 Å². The van der Waals surface area contributed by atoms with Gasteiger partial charge in [0.05, 0.1) is 18.7 Å². The van der Waals surface area contributed by atoms with Gasteiger partial charge in [0.25, 0.3) is 0 Å². The Hall–Kier alpha value is -2.34. The van der Waals surface area contributed by atoms with Crippen molar-refractivity contribution in [3.63, 3.8) is 0 Å². The van der Waals surface area contributed by atoms with Crippen LogP contribution >= 0.6 is 11.3 Å². The monoisotopic (exact) mass is 331 g/mol. The number of esters is 1. The molecule has 1 aromatic carbocycles. The molecule has 2 aromatic rings. The SMILES string of the molecule is CCOC(=O)c1ccc(CNC(=NC)NCc2cccs2)cc1. The van der Waals surface area contributed by atoms with E-state index < -0.39 is 0 Å². The van der Waals surface area contributed by atoms with Crippen molar-refractivity contribution in [1.82, 2.24) is 10.6 Å². The smallest absolute Gasteiger partial charge is 0.338 e. The molecule has 0 unspecified atom stereocenters. The highest BCUT2D eigenvalue weighted by Gasteiger charge is 2.06. The fraction of sp³-hybridized carbons (Fsp3) is 0.294. The fourth-order valence-electron chi connectivity index (χ4n) is 1.96. The number of benzene rings is 1. The highest BCUT2D eigenvalue weighted by molar-refractivity contribution is 7.09. The van der Waals surface area contributed by atoms with Crippen molar-refractivity contribution < 1.29 is 9.53 Å². The summed E-state index contributed by atoms with van der Waals surface area (Å²) in [5.74, 6) is 0.452. The largest absolute Gasteiger partial charge is 0.462 e. The molecule has 2 N–H and O–H groups in total. The zero-order valence-corrected chi connectivity index (χ0v) is 14.2. The second-order valence-electron chi connectivity index (χ2n) is 4.78. The summed E-state index contributed by atoms with van der Waals surface area (Å²) in [4.78, 5) is 17.1. The summed E-state index contributed by atoms with van der Waals surface area (Å²) in [7, 11) is 1.74. The van der Waals surface area contributed by atoms with E-state index in [0.717, 1.165) is 18.1 Å². The summed E-state index contributed by atoms with van der Waals surface area (Å²) in [6.45, 7) is 3.56. The first-order valence-electron chi connectivity index (χ1n) is 7.46. The zero-order chi connectivity index (χ0) is 16.5. The minimum Gasteiger partial charge on any atom is -0.462 e. The highest BCUT2D eigenvalue weighted by atomic mass is 32.1. The van der Waals surface area contributed by atoms with Gasteiger partial charge < -0.3 is 15.4 Å². The topological polar surface area (TPSA) is 62.7 Å². The number of thiophene rings is 1. The van der Waals surface area contributed by atoms with Crippen LogP contribution in [-0.4, -0.2) is 25.6 Å². The molecule has 0 saturated carbocycles. The van der Waals surface area contributed by atoms with Gasteiger partial charge in [-0.2, -0.15) is 0 Å². The maximum Gasteiger partial charge on any atom is 0.338 e. The number of guanidine groups is 1. The van der Waals surface area contributed by atoms with E-state index in [1.165, 1.54) is 4.88 Å². The molecule has 0 aliphatic rings. The molecule has 0 aliphatic carbocycles. The van der Waals surface area contributed by atoms with Crippen LogP contribution in [0.15, 0.2) is 46.8 Å². The third-order valence-corrected chi connectivity index (χ3v) is 4.04. The van der Waals surface area contributed by atoms with Gasteiger partial charge in [0, 0.05) is 18.5 Å². The second-order valence-corrected chi connectivity index (χ2v) is 5.81. The van der Waals surface area contributed by atoms with Crippen LogP contribution in [0.25, 0.3) is 0 Å². The fourth-order valence-corrected chi connectivity index (χ4v) is 2.61. The van der Waals surface area contributed by atoms with Gasteiger partial charge in [0.2, 0.25) is 0 Å². The molecule has 23 heavy (non-hydrogen) atoms. The Labute approximate surface area is 140 Å². The summed E-state index contributed by atoms with van der Waals surface area (Å²) >= 11 is 1.71. The molecule has 122 valence electrons. The first kappa shape index (κ1) is 17.0. The lowest BCUT2D eigenvalue weighted by atomic mass is 10.1. The third kappa shape index (κ3) is 5.41. The third-order valence-electron chi connectivity index (χ3n) is 3.16. The van der Waals surface area contributed by atoms with E-state index >= 15 is 0 Å². The standard InChI is InChI=1S/C17H21N3O2S/c1-3-22-16(21)14-8-6-13(7-9-14)11-19-17(18-2)20-12-15-5-4-10-23-15/h4-10H,3,11-12H2,1-2H3,(H2,18,19,20). The lowest BCUT2D eigenvalue weighted by molar-refractivity contribution is 0.0526. The summed E-state index contributed by atoms with van der Waals surface area (Å²) in [6.07, 6.45) is 0. The number of ether oxygens (including phenoxy) is 1. The number of carbonyl (C=O) groups is 1. The van der Waals surface area contributed by atoms with Crippen LogP contribution in [-0.2, 0) is 17.8 Å². The minimum absolute atomic E-state index is 0.291. The molecule has 0 radical (unpaired) electrons. The molecule has 1 heterocycles. The van der Waals surface area contributed by atoms with Crippen molar-refractivity contribution in [2.24, 2.45) is 4.99 Å². The Kier molecular flexibility index (Phi) is 6.62.